The third kappa shape index (κ3) is 4.52. The molecule has 1 saturated heterocycles. The number of anilines is 1. The normalized spacial score (nSPS) is 15.1. The number of nitrogens with one attached hydrogen (secondary N) is 1. The second-order valence-corrected chi connectivity index (χ2v) is 7.46. The summed E-state index contributed by atoms with van der Waals surface area (Å²) in [5.74, 6) is 0.212. The van der Waals surface area contributed by atoms with Crippen LogP contribution in [0.1, 0.15) is 15.9 Å². The lowest BCUT2D eigenvalue weighted by molar-refractivity contribution is -0.121. The molecule has 1 heterocycles. The van der Waals surface area contributed by atoms with Gasteiger partial charge in [-0.3, -0.25) is 9.69 Å². The number of thioether (sulfide) groups is 1. The molecule has 1 fully saturated rings. The van der Waals surface area contributed by atoms with Crippen LogP contribution >= 0.6 is 24.0 Å². The highest BCUT2D eigenvalue weighted by Crippen LogP contribution is 2.32. The van der Waals surface area contributed by atoms with Crippen molar-refractivity contribution in [2.24, 2.45) is 0 Å². The van der Waals surface area contributed by atoms with E-state index in [1.807, 2.05) is 30.3 Å². The lowest BCUT2D eigenvalue weighted by Gasteiger charge is -2.16. The predicted octanol–water partition coefficient (Wildman–Crippen LogP) is 3.75. The highest BCUT2D eigenvalue weighted by molar-refractivity contribution is 8.26. The molecule has 0 saturated carbocycles. The van der Waals surface area contributed by atoms with E-state index in [1.54, 1.807) is 31.4 Å². The van der Waals surface area contributed by atoms with E-state index in [1.165, 1.54) is 23.8 Å². The smallest absolute Gasteiger partial charge is 0.337 e. The Morgan fingerprint density at radius 3 is 2.43 bits per heavy atom. The van der Waals surface area contributed by atoms with Crippen molar-refractivity contribution in [3.63, 3.8) is 0 Å². The van der Waals surface area contributed by atoms with Crippen LogP contribution in [0, 0.1) is 0 Å². The van der Waals surface area contributed by atoms with Gasteiger partial charge in [0.05, 0.1) is 31.4 Å². The van der Waals surface area contributed by atoms with E-state index in [2.05, 4.69) is 10.1 Å². The van der Waals surface area contributed by atoms with Gasteiger partial charge in [0.2, 0.25) is 0 Å². The first kappa shape index (κ1) is 19.9. The Hall–Kier alpha value is -2.84. The summed E-state index contributed by atoms with van der Waals surface area (Å²) in [6, 6.07) is 14.2. The van der Waals surface area contributed by atoms with E-state index in [-0.39, 0.29) is 12.6 Å². The van der Waals surface area contributed by atoms with Crippen molar-refractivity contribution in [2.45, 2.75) is 0 Å². The van der Waals surface area contributed by atoms with Gasteiger partial charge in [0, 0.05) is 5.69 Å². The van der Waals surface area contributed by atoms with Crippen LogP contribution in [0.5, 0.6) is 5.75 Å². The quantitative estimate of drug-likeness (QED) is 0.439. The number of carbonyl (C=O) groups is 2. The Balaban J connectivity index is 1.64. The average Bonchev–Trinajstić information content (AvgIpc) is 2.99. The molecule has 6 nitrogen and oxygen atoms in total. The number of esters is 1. The van der Waals surface area contributed by atoms with Gasteiger partial charge in [0.25, 0.3) is 5.91 Å². The van der Waals surface area contributed by atoms with E-state index in [0.29, 0.717) is 14.8 Å². The number of rotatable bonds is 6. The van der Waals surface area contributed by atoms with Gasteiger partial charge in [-0.2, -0.15) is 0 Å². The first-order chi connectivity index (χ1) is 13.5. The highest BCUT2D eigenvalue weighted by atomic mass is 32.2. The van der Waals surface area contributed by atoms with Gasteiger partial charge in [0.1, 0.15) is 10.1 Å². The third-order valence-corrected chi connectivity index (χ3v) is 5.41. The molecule has 1 amide bonds. The Morgan fingerprint density at radius 1 is 1.14 bits per heavy atom. The van der Waals surface area contributed by atoms with Crippen LogP contribution in [0.3, 0.4) is 0 Å². The molecule has 8 heteroatoms. The van der Waals surface area contributed by atoms with Crippen LogP contribution in [0.15, 0.2) is 53.4 Å². The number of methoxy groups -OCH3 is 2. The molecule has 1 aliphatic heterocycles. The summed E-state index contributed by atoms with van der Waals surface area (Å²) in [6.07, 6.45) is 1.81. The van der Waals surface area contributed by atoms with Crippen molar-refractivity contribution in [1.29, 1.82) is 0 Å². The molecule has 144 valence electrons. The number of ether oxygens (including phenoxy) is 2. The first-order valence-corrected chi connectivity index (χ1v) is 9.56. The molecule has 1 N–H and O–H groups in total. The van der Waals surface area contributed by atoms with Gasteiger partial charge in [-0.05, 0) is 48.0 Å². The molecule has 28 heavy (non-hydrogen) atoms. The topological polar surface area (TPSA) is 67.9 Å². The molecule has 1 aliphatic rings. The summed E-state index contributed by atoms with van der Waals surface area (Å²) >= 11 is 6.61. The van der Waals surface area contributed by atoms with E-state index in [9.17, 15) is 9.59 Å². The second kappa shape index (κ2) is 8.90. The molecule has 0 aromatic heterocycles. The summed E-state index contributed by atoms with van der Waals surface area (Å²) in [4.78, 5) is 26.2. The molecule has 0 unspecified atom stereocenters. The maximum absolute atomic E-state index is 12.7. The fourth-order valence-corrected chi connectivity index (χ4v) is 3.76. The van der Waals surface area contributed by atoms with E-state index >= 15 is 0 Å². The van der Waals surface area contributed by atoms with E-state index in [4.69, 9.17) is 17.0 Å². The van der Waals surface area contributed by atoms with Gasteiger partial charge in [0.15, 0.2) is 0 Å². The zero-order valence-corrected chi connectivity index (χ0v) is 16.9. The SMILES string of the molecule is COC(=O)c1ccc(NCN2C(=O)/C(=C\c3ccc(OC)cc3)SC2=S)cc1. The first-order valence-electron chi connectivity index (χ1n) is 8.33. The minimum atomic E-state index is -0.396. The minimum Gasteiger partial charge on any atom is -0.497 e. The van der Waals surface area contributed by atoms with Crippen molar-refractivity contribution < 1.29 is 19.1 Å². The Bertz CT molecular complexity index is 924. The number of hydrogen-bond acceptors (Lipinski definition) is 7. The van der Waals surface area contributed by atoms with Crippen LogP contribution in [0.2, 0.25) is 0 Å². The Morgan fingerprint density at radius 2 is 1.82 bits per heavy atom. The Kier molecular flexibility index (Phi) is 6.33. The second-order valence-electron chi connectivity index (χ2n) is 5.79. The van der Waals surface area contributed by atoms with Crippen molar-refractivity contribution >= 4 is 51.9 Å². The molecule has 0 spiro atoms. The number of amides is 1. The lowest BCUT2D eigenvalue weighted by Crippen LogP contribution is -2.33. The zero-order chi connectivity index (χ0) is 20.1. The summed E-state index contributed by atoms with van der Waals surface area (Å²) in [5, 5.41) is 3.14. The molecular weight excluding hydrogens is 396 g/mol. The fraction of sp³-hybridized carbons (Fsp3) is 0.150. The van der Waals surface area contributed by atoms with Crippen LogP contribution in [-0.2, 0) is 9.53 Å². The molecule has 2 aromatic carbocycles. The average molecular weight is 415 g/mol. The number of thiocarbonyl (C=S) groups is 1. The van der Waals surface area contributed by atoms with Crippen molar-refractivity contribution in [3.05, 3.63) is 64.6 Å². The van der Waals surface area contributed by atoms with Gasteiger partial charge in [-0.15, -0.1) is 0 Å². The summed E-state index contributed by atoms with van der Waals surface area (Å²) in [6.45, 7) is 0.238. The van der Waals surface area contributed by atoms with Crippen molar-refractivity contribution in [2.75, 3.05) is 26.2 Å². The van der Waals surface area contributed by atoms with E-state index in [0.717, 1.165) is 17.0 Å². The summed E-state index contributed by atoms with van der Waals surface area (Å²) in [5.41, 5.74) is 2.12. The lowest BCUT2D eigenvalue weighted by atomic mass is 10.2. The zero-order valence-electron chi connectivity index (χ0n) is 15.3. The van der Waals surface area contributed by atoms with Crippen LogP contribution in [0.25, 0.3) is 6.08 Å². The number of hydrogen-bond donors (Lipinski definition) is 1. The maximum atomic E-state index is 12.7. The van der Waals surface area contributed by atoms with Gasteiger partial charge in [-0.1, -0.05) is 36.1 Å². The van der Waals surface area contributed by atoms with E-state index < -0.39 is 5.97 Å². The summed E-state index contributed by atoms with van der Waals surface area (Å²) < 4.78 is 10.3. The molecule has 0 atom stereocenters. The van der Waals surface area contributed by atoms with Crippen molar-refractivity contribution in [1.82, 2.24) is 4.90 Å². The highest BCUT2D eigenvalue weighted by Gasteiger charge is 2.31. The van der Waals surface area contributed by atoms with Crippen LogP contribution in [0.4, 0.5) is 5.69 Å². The third-order valence-electron chi connectivity index (χ3n) is 4.03. The maximum Gasteiger partial charge on any atom is 0.337 e. The van der Waals surface area contributed by atoms with Gasteiger partial charge < -0.3 is 14.8 Å². The molecule has 2 aromatic rings. The van der Waals surface area contributed by atoms with Crippen LogP contribution in [-0.4, -0.2) is 42.0 Å². The molecule has 0 bridgehead atoms. The molecular formula is C20H18N2O4S2. The van der Waals surface area contributed by atoms with Gasteiger partial charge >= 0.3 is 5.97 Å². The predicted molar refractivity (Wildman–Crippen MR) is 114 cm³/mol. The van der Waals surface area contributed by atoms with Gasteiger partial charge in [-0.25, -0.2) is 4.79 Å². The number of benzene rings is 2. The Labute approximate surface area is 172 Å². The summed E-state index contributed by atoms with van der Waals surface area (Å²) in [7, 11) is 2.94. The minimum absolute atomic E-state index is 0.149. The van der Waals surface area contributed by atoms with Crippen molar-refractivity contribution in [3.8, 4) is 5.75 Å². The van der Waals surface area contributed by atoms with Crippen LogP contribution < -0.4 is 10.1 Å². The molecule has 3 rings (SSSR count). The number of carbonyl (C=O) groups excluding carboxylic acids is 2. The standard InChI is InChI=1S/C20H18N2O4S2/c1-25-16-9-3-13(4-10-16)11-17-18(23)22(20(27)28-17)12-21-15-7-5-14(6-8-15)19(24)26-2/h3-11,21H,12H2,1-2H3/b17-11+. The molecule has 0 radical (unpaired) electrons. The fourth-order valence-electron chi connectivity index (χ4n) is 2.50. The monoisotopic (exact) mass is 414 g/mol. The number of nitrogens with zero attached hydrogens (tertiary/aromatic N) is 1. The molecule has 0 aliphatic carbocycles. The largest absolute Gasteiger partial charge is 0.497 e.